The van der Waals surface area contributed by atoms with Gasteiger partial charge in [0.15, 0.2) is 0 Å². The van der Waals surface area contributed by atoms with E-state index in [1.165, 1.54) is 0 Å². The van der Waals surface area contributed by atoms with E-state index < -0.39 is 0 Å². The van der Waals surface area contributed by atoms with Gasteiger partial charge in [0.1, 0.15) is 11.5 Å². The standard InChI is InChI=1S/C15H18N2O2/c1-10-6-14(11(2)19-10)15(18)17-9-13-5-3-4-12(7-13)8-16/h3-7H,8-9,16H2,1-2H3,(H,17,18). The van der Waals surface area contributed by atoms with Crippen LogP contribution in [0.2, 0.25) is 0 Å². The molecule has 1 heterocycles. The Morgan fingerprint density at radius 1 is 1.26 bits per heavy atom. The first kappa shape index (κ1) is 13.4. The van der Waals surface area contributed by atoms with E-state index >= 15 is 0 Å². The summed E-state index contributed by atoms with van der Waals surface area (Å²) in [5.41, 5.74) is 8.27. The van der Waals surface area contributed by atoms with Crippen molar-refractivity contribution in [2.45, 2.75) is 26.9 Å². The van der Waals surface area contributed by atoms with Crippen molar-refractivity contribution in [2.24, 2.45) is 5.73 Å². The number of furan rings is 1. The Bertz CT molecular complexity index is 588. The van der Waals surface area contributed by atoms with Crippen LogP contribution in [-0.2, 0) is 13.1 Å². The van der Waals surface area contributed by atoms with E-state index in [1.807, 2.05) is 31.2 Å². The zero-order valence-electron chi connectivity index (χ0n) is 11.2. The van der Waals surface area contributed by atoms with Crippen LogP contribution in [0.15, 0.2) is 34.7 Å². The summed E-state index contributed by atoms with van der Waals surface area (Å²) in [5.74, 6) is 1.27. The lowest BCUT2D eigenvalue weighted by Gasteiger charge is -2.06. The fraction of sp³-hybridized carbons (Fsp3) is 0.267. The van der Waals surface area contributed by atoms with Crippen molar-refractivity contribution >= 4 is 5.91 Å². The van der Waals surface area contributed by atoms with Gasteiger partial charge in [-0.25, -0.2) is 0 Å². The van der Waals surface area contributed by atoms with Crippen LogP contribution in [0.1, 0.15) is 33.0 Å². The minimum absolute atomic E-state index is 0.118. The van der Waals surface area contributed by atoms with Crippen LogP contribution in [0.5, 0.6) is 0 Å². The van der Waals surface area contributed by atoms with E-state index in [9.17, 15) is 4.79 Å². The summed E-state index contributed by atoms with van der Waals surface area (Å²) in [6.07, 6.45) is 0. The molecule has 0 saturated heterocycles. The maximum absolute atomic E-state index is 12.0. The molecule has 0 aliphatic heterocycles. The minimum Gasteiger partial charge on any atom is -0.466 e. The zero-order chi connectivity index (χ0) is 13.8. The van der Waals surface area contributed by atoms with Gasteiger partial charge in [-0.1, -0.05) is 24.3 Å². The number of nitrogens with two attached hydrogens (primary N) is 1. The SMILES string of the molecule is Cc1cc(C(=O)NCc2cccc(CN)c2)c(C)o1. The van der Waals surface area contributed by atoms with Crippen LogP contribution >= 0.6 is 0 Å². The van der Waals surface area contributed by atoms with Crippen LogP contribution in [-0.4, -0.2) is 5.91 Å². The molecule has 0 spiro atoms. The number of carbonyl (C=O) groups is 1. The van der Waals surface area contributed by atoms with E-state index in [4.69, 9.17) is 10.2 Å². The molecule has 19 heavy (non-hydrogen) atoms. The van der Waals surface area contributed by atoms with Crippen LogP contribution in [0.25, 0.3) is 0 Å². The van der Waals surface area contributed by atoms with Crippen molar-refractivity contribution in [3.8, 4) is 0 Å². The van der Waals surface area contributed by atoms with Crippen molar-refractivity contribution in [2.75, 3.05) is 0 Å². The zero-order valence-corrected chi connectivity index (χ0v) is 11.2. The molecule has 2 rings (SSSR count). The first-order chi connectivity index (χ1) is 9.10. The van der Waals surface area contributed by atoms with Crippen LogP contribution in [0.3, 0.4) is 0 Å². The highest BCUT2D eigenvalue weighted by molar-refractivity contribution is 5.95. The Labute approximate surface area is 112 Å². The number of benzene rings is 1. The summed E-state index contributed by atoms with van der Waals surface area (Å²) in [7, 11) is 0. The van der Waals surface area contributed by atoms with Gasteiger partial charge in [-0.05, 0) is 31.0 Å². The molecule has 4 nitrogen and oxygen atoms in total. The van der Waals surface area contributed by atoms with Crippen molar-refractivity contribution in [3.63, 3.8) is 0 Å². The topological polar surface area (TPSA) is 68.3 Å². The quantitative estimate of drug-likeness (QED) is 0.884. The molecule has 1 amide bonds. The van der Waals surface area contributed by atoms with E-state index in [-0.39, 0.29) is 5.91 Å². The van der Waals surface area contributed by atoms with Gasteiger partial charge >= 0.3 is 0 Å². The Morgan fingerprint density at radius 2 is 2.00 bits per heavy atom. The molecule has 0 atom stereocenters. The molecule has 0 fully saturated rings. The van der Waals surface area contributed by atoms with Gasteiger partial charge in [0.05, 0.1) is 5.56 Å². The number of amides is 1. The van der Waals surface area contributed by atoms with Gasteiger partial charge < -0.3 is 15.5 Å². The van der Waals surface area contributed by atoms with Gasteiger partial charge in [0.2, 0.25) is 0 Å². The summed E-state index contributed by atoms with van der Waals surface area (Å²) >= 11 is 0. The van der Waals surface area contributed by atoms with Gasteiger partial charge in [-0.15, -0.1) is 0 Å². The van der Waals surface area contributed by atoms with Crippen molar-refractivity contribution in [1.29, 1.82) is 0 Å². The molecule has 0 saturated carbocycles. The number of carbonyl (C=O) groups excluding carboxylic acids is 1. The van der Waals surface area contributed by atoms with E-state index in [1.54, 1.807) is 13.0 Å². The molecule has 0 bridgehead atoms. The summed E-state index contributed by atoms with van der Waals surface area (Å²) in [4.78, 5) is 12.0. The first-order valence-electron chi connectivity index (χ1n) is 6.23. The van der Waals surface area contributed by atoms with Crippen molar-refractivity contribution in [1.82, 2.24) is 5.32 Å². The molecule has 0 unspecified atom stereocenters. The van der Waals surface area contributed by atoms with Crippen LogP contribution in [0, 0.1) is 13.8 Å². The van der Waals surface area contributed by atoms with E-state index in [2.05, 4.69) is 5.32 Å². The maximum Gasteiger partial charge on any atom is 0.255 e. The highest BCUT2D eigenvalue weighted by Gasteiger charge is 2.12. The third-order valence-electron chi connectivity index (χ3n) is 2.97. The summed E-state index contributed by atoms with van der Waals surface area (Å²) in [6, 6.07) is 9.62. The average molecular weight is 258 g/mol. The lowest BCUT2D eigenvalue weighted by molar-refractivity contribution is 0.0949. The first-order valence-corrected chi connectivity index (χ1v) is 6.23. The molecule has 1 aromatic heterocycles. The second-order valence-corrected chi connectivity index (χ2v) is 4.53. The number of aryl methyl sites for hydroxylation is 2. The number of hydrogen-bond acceptors (Lipinski definition) is 3. The summed E-state index contributed by atoms with van der Waals surface area (Å²) in [5, 5.41) is 2.88. The monoisotopic (exact) mass is 258 g/mol. The Balaban J connectivity index is 2.02. The highest BCUT2D eigenvalue weighted by atomic mass is 16.3. The van der Waals surface area contributed by atoms with Gasteiger partial charge in [-0.3, -0.25) is 4.79 Å². The number of nitrogens with one attached hydrogen (secondary N) is 1. The summed E-state index contributed by atoms with van der Waals surface area (Å²) < 4.78 is 5.35. The second kappa shape index (κ2) is 5.71. The third kappa shape index (κ3) is 3.23. The molecule has 0 aliphatic rings. The average Bonchev–Trinajstić information content (AvgIpc) is 2.75. The lowest BCUT2D eigenvalue weighted by Crippen LogP contribution is -2.23. The second-order valence-electron chi connectivity index (χ2n) is 4.53. The molecule has 4 heteroatoms. The molecule has 0 aliphatic carbocycles. The smallest absolute Gasteiger partial charge is 0.255 e. The maximum atomic E-state index is 12.0. The van der Waals surface area contributed by atoms with Crippen LogP contribution < -0.4 is 11.1 Å². The minimum atomic E-state index is -0.118. The van der Waals surface area contributed by atoms with Crippen LogP contribution in [0.4, 0.5) is 0 Å². The van der Waals surface area contributed by atoms with Gasteiger partial charge in [0.25, 0.3) is 5.91 Å². The van der Waals surface area contributed by atoms with E-state index in [0.717, 1.165) is 16.9 Å². The fourth-order valence-corrected chi connectivity index (χ4v) is 2.00. The number of rotatable bonds is 4. The van der Waals surface area contributed by atoms with Gasteiger partial charge in [0, 0.05) is 13.1 Å². The van der Waals surface area contributed by atoms with Crippen molar-refractivity contribution < 1.29 is 9.21 Å². The normalized spacial score (nSPS) is 10.5. The van der Waals surface area contributed by atoms with Crippen molar-refractivity contribution in [3.05, 3.63) is 58.5 Å². The van der Waals surface area contributed by atoms with Gasteiger partial charge in [-0.2, -0.15) is 0 Å². The molecule has 3 N–H and O–H groups in total. The Hall–Kier alpha value is -2.07. The predicted octanol–water partition coefficient (Wildman–Crippen LogP) is 2.29. The molecular formula is C15H18N2O2. The van der Waals surface area contributed by atoms with E-state index in [0.29, 0.717) is 24.4 Å². The number of hydrogen-bond donors (Lipinski definition) is 2. The molecule has 100 valence electrons. The molecule has 0 radical (unpaired) electrons. The summed E-state index contributed by atoms with van der Waals surface area (Å²) in [6.45, 7) is 4.60. The third-order valence-corrected chi connectivity index (χ3v) is 2.97. The lowest BCUT2D eigenvalue weighted by atomic mass is 10.1. The highest BCUT2D eigenvalue weighted by Crippen LogP contribution is 2.13. The Kier molecular flexibility index (Phi) is 4.02. The molecule has 1 aromatic carbocycles. The molecule has 2 aromatic rings. The Morgan fingerprint density at radius 3 is 2.63 bits per heavy atom. The predicted molar refractivity (Wildman–Crippen MR) is 73.7 cm³/mol. The fourth-order valence-electron chi connectivity index (χ4n) is 2.00. The largest absolute Gasteiger partial charge is 0.466 e. The molecular weight excluding hydrogens is 240 g/mol.